The van der Waals surface area contributed by atoms with Crippen LogP contribution >= 0.6 is 34.8 Å². The Bertz CT molecular complexity index is 246. The average Bonchev–Trinajstić information content (AvgIpc) is 2.34. The normalized spacial score (nSPS) is 9.40. The number of halogens is 2. The third-order valence-corrected chi connectivity index (χ3v) is 2.10. The predicted molar refractivity (Wildman–Crippen MR) is 40.6 cm³/mol. The summed E-state index contributed by atoms with van der Waals surface area (Å²) in [5.74, 6) is -0.579. The van der Waals surface area contributed by atoms with E-state index >= 15 is 0 Å². The standard InChI is InChI=1S/C5H2Cl2O2S/c6-4-1-3(2-10-4)5(8)9-7/h1-2H. The maximum absolute atomic E-state index is 10.6. The fraction of sp³-hybridized carbons (Fsp3) is 0. The molecule has 1 aromatic rings. The van der Waals surface area contributed by atoms with Crippen LogP contribution in [-0.2, 0) is 4.29 Å². The van der Waals surface area contributed by atoms with Gasteiger partial charge in [-0.15, -0.1) is 11.3 Å². The van der Waals surface area contributed by atoms with Gasteiger partial charge in [0.2, 0.25) is 0 Å². The molecule has 10 heavy (non-hydrogen) atoms. The molecule has 0 aliphatic heterocycles. The summed E-state index contributed by atoms with van der Waals surface area (Å²) in [4.78, 5) is 10.6. The van der Waals surface area contributed by atoms with Crippen molar-refractivity contribution in [3.05, 3.63) is 21.3 Å². The Kier molecular flexibility index (Phi) is 2.54. The largest absolute Gasteiger partial charge is 0.357 e. The SMILES string of the molecule is O=C(OCl)c1csc(Cl)c1. The van der Waals surface area contributed by atoms with Gasteiger partial charge in [-0.1, -0.05) is 11.6 Å². The van der Waals surface area contributed by atoms with Crippen molar-refractivity contribution in [2.75, 3.05) is 0 Å². The number of hydrogen-bond acceptors (Lipinski definition) is 3. The van der Waals surface area contributed by atoms with Gasteiger partial charge < -0.3 is 4.29 Å². The van der Waals surface area contributed by atoms with Crippen LogP contribution in [0.3, 0.4) is 0 Å². The Morgan fingerprint density at radius 2 is 2.40 bits per heavy atom. The van der Waals surface area contributed by atoms with E-state index in [0.29, 0.717) is 9.90 Å². The van der Waals surface area contributed by atoms with Crippen molar-refractivity contribution in [1.29, 1.82) is 0 Å². The summed E-state index contributed by atoms with van der Waals surface area (Å²) in [7, 11) is 0. The Morgan fingerprint density at radius 1 is 1.70 bits per heavy atom. The lowest BCUT2D eigenvalue weighted by atomic mass is 10.4. The Balaban J connectivity index is 2.85. The lowest BCUT2D eigenvalue weighted by Gasteiger charge is -1.86. The van der Waals surface area contributed by atoms with E-state index in [0.717, 1.165) is 0 Å². The van der Waals surface area contributed by atoms with Crippen LogP contribution < -0.4 is 0 Å². The first-order valence-electron chi connectivity index (χ1n) is 2.31. The van der Waals surface area contributed by atoms with Gasteiger partial charge in [0.25, 0.3) is 0 Å². The number of rotatable bonds is 1. The highest BCUT2D eigenvalue weighted by atomic mass is 35.5. The molecule has 0 radical (unpaired) electrons. The molecule has 0 aromatic carbocycles. The summed E-state index contributed by atoms with van der Waals surface area (Å²) in [5, 5.41) is 1.58. The van der Waals surface area contributed by atoms with Crippen molar-refractivity contribution < 1.29 is 9.08 Å². The molecule has 0 aliphatic carbocycles. The molecule has 0 saturated heterocycles. The maximum Gasteiger partial charge on any atom is 0.357 e. The van der Waals surface area contributed by atoms with E-state index in [2.05, 4.69) is 4.29 Å². The summed E-state index contributed by atoms with van der Waals surface area (Å²) in [6.07, 6.45) is 0. The topological polar surface area (TPSA) is 26.3 Å². The van der Waals surface area contributed by atoms with Crippen LogP contribution in [0.2, 0.25) is 4.34 Å². The first-order valence-corrected chi connectivity index (χ1v) is 3.87. The molecule has 0 spiro atoms. The second-order valence-electron chi connectivity index (χ2n) is 1.50. The highest BCUT2D eigenvalue weighted by Gasteiger charge is 2.07. The van der Waals surface area contributed by atoms with Crippen molar-refractivity contribution in [3.8, 4) is 0 Å². The van der Waals surface area contributed by atoms with Gasteiger partial charge in [-0.25, -0.2) is 4.79 Å². The highest BCUT2D eigenvalue weighted by molar-refractivity contribution is 7.14. The molecule has 0 bridgehead atoms. The predicted octanol–water partition coefficient (Wildman–Crippen LogP) is 2.71. The third-order valence-electron chi connectivity index (χ3n) is 0.873. The van der Waals surface area contributed by atoms with E-state index in [-0.39, 0.29) is 0 Å². The van der Waals surface area contributed by atoms with Crippen LogP contribution in [0.5, 0.6) is 0 Å². The summed E-state index contributed by atoms with van der Waals surface area (Å²) < 4.78 is 4.47. The fourth-order valence-corrected chi connectivity index (χ4v) is 1.40. The number of thiophene rings is 1. The second-order valence-corrected chi connectivity index (χ2v) is 3.20. The van der Waals surface area contributed by atoms with Gasteiger partial charge in [0.05, 0.1) is 9.90 Å². The second kappa shape index (κ2) is 3.23. The number of hydrogen-bond donors (Lipinski definition) is 0. The quantitative estimate of drug-likeness (QED) is 0.691. The summed E-state index contributed by atoms with van der Waals surface area (Å²) >= 11 is 11.6. The number of carbonyl (C=O) groups excluding carboxylic acids is 1. The van der Waals surface area contributed by atoms with Gasteiger partial charge in [0, 0.05) is 5.38 Å². The van der Waals surface area contributed by atoms with Gasteiger partial charge in [-0.2, -0.15) is 0 Å². The fourth-order valence-electron chi connectivity index (χ4n) is 0.462. The molecular formula is C5H2Cl2O2S. The molecule has 54 valence electrons. The lowest BCUT2D eigenvalue weighted by Crippen LogP contribution is -1.93. The minimum atomic E-state index is -0.579. The number of carbonyl (C=O) groups is 1. The smallest absolute Gasteiger partial charge is 0.343 e. The molecule has 0 saturated carbocycles. The first-order chi connectivity index (χ1) is 4.74. The van der Waals surface area contributed by atoms with E-state index in [1.165, 1.54) is 17.4 Å². The van der Waals surface area contributed by atoms with E-state index in [9.17, 15) is 4.79 Å². The molecule has 2 nitrogen and oxygen atoms in total. The lowest BCUT2D eigenvalue weighted by molar-refractivity contribution is 0.0752. The molecule has 0 fully saturated rings. The third kappa shape index (κ3) is 1.62. The molecule has 0 unspecified atom stereocenters. The van der Waals surface area contributed by atoms with Crippen LogP contribution in [0.1, 0.15) is 10.4 Å². The summed E-state index contributed by atoms with van der Waals surface area (Å²) in [6, 6.07) is 1.50. The molecule has 0 atom stereocenters. The van der Waals surface area contributed by atoms with Gasteiger partial charge in [0.15, 0.2) is 0 Å². The Labute approximate surface area is 71.5 Å². The zero-order valence-electron chi connectivity index (χ0n) is 4.64. The Morgan fingerprint density at radius 3 is 2.80 bits per heavy atom. The summed E-state index contributed by atoms with van der Waals surface area (Å²) in [6.45, 7) is 0. The van der Waals surface area contributed by atoms with E-state index in [1.54, 1.807) is 5.38 Å². The van der Waals surface area contributed by atoms with E-state index in [1.807, 2.05) is 0 Å². The van der Waals surface area contributed by atoms with Crippen LogP contribution in [0, 0.1) is 0 Å². The molecule has 1 aromatic heterocycles. The molecule has 0 aliphatic rings. The molecule has 0 amide bonds. The minimum absolute atomic E-state index is 0.380. The molecule has 1 heterocycles. The molecule has 0 N–H and O–H groups in total. The summed E-state index contributed by atoms with van der Waals surface area (Å²) in [5.41, 5.74) is 0.380. The van der Waals surface area contributed by atoms with Crippen molar-refractivity contribution in [2.24, 2.45) is 0 Å². The van der Waals surface area contributed by atoms with Crippen molar-refractivity contribution in [2.45, 2.75) is 0 Å². The monoisotopic (exact) mass is 196 g/mol. The van der Waals surface area contributed by atoms with E-state index in [4.69, 9.17) is 23.5 Å². The molecular weight excluding hydrogens is 195 g/mol. The zero-order chi connectivity index (χ0) is 7.56. The van der Waals surface area contributed by atoms with Crippen LogP contribution in [0.15, 0.2) is 11.4 Å². The van der Waals surface area contributed by atoms with Gasteiger partial charge in [-0.3, -0.25) is 0 Å². The Hall–Kier alpha value is -0.250. The van der Waals surface area contributed by atoms with E-state index < -0.39 is 5.97 Å². The van der Waals surface area contributed by atoms with Crippen molar-refractivity contribution in [3.63, 3.8) is 0 Å². The average molecular weight is 197 g/mol. The first kappa shape index (κ1) is 7.85. The minimum Gasteiger partial charge on any atom is -0.343 e. The molecule has 1 rings (SSSR count). The van der Waals surface area contributed by atoms with Crippen LogP contribution in [0.4, 0.5) is 0 Å². The van der Waals surface area contributed by atoms with Gasteiger partial charge in [0.1, 0.15) is 11.9 Å². The maximum atomic E-state index is 10.6. The van der Waals surface area contributed by atoms with Gasteiger partial charge >= 0.3 is 5.97 Å². The van der Waals surface area contributed by atoms with Crippen molar-refractivity contribution >= 4 is 40.8 Å². The molecule has 5 heteroatoms. The van der Waals surface area contributed by atoms with Crippen LogP contribution in [0.25, 0.3) is 0 Å². The highest BCUT2D eigenvalue weighted by Crippen LogP contribution is 2.20. The van der Waals surface area contributed by atoms with Crippen molar-refractivity contribution in [1.82, 2.24) is 0 Å². The zero-order valence-corrected chi connectivity index (χ0v) is 6.96. The van der Waals surface area contributed by atoms with Crippen LogP contribution in [-0.4, -0.2) is 5.97 Å². The van der Waals surface area contributed by atoms with Gasteiger partial charge in [-0.05, 0) is 6.07 Å².